The molecular weight excluding hydrogens is 388 g/mol. The van der Waals surface area contributed by atoms with E-state index < -0.39 is 6.04 Å². The van der Waals surface area contributed by atoms with Crippen LogP contribution in [0, 0.1) is 0 Å². The van der Waals surface area contributed by atoms with Gasteiger partial charge in [0.1, 0.15) is 5.75 Å². The van der Waals surface area contributed by atoms with Gasteiger partial charge in [0.05, 0.1) is 11.8 Å². The van der Waals surface area contributed by atoms with Gasteiger partial charge in [0.15, 0.2) is 0 Å². The Hall–Kier alpha value is -4.19. The lowest BCUT2D eigenvalue weighted by atomic mass is 9.98. The number of hydrazone groups is 1. The highest BCUT2D eigenvalue weighted by atomic mass is 16.3. The van der Waals surface area contributed by atoms with E-state index in [1.807, 2.05) is 65.5 Å². The predicted octanol–water partition coefficient (Wildman–Crippen LogP) is 4.57. The molecule has 5 rings (SSSR count). The summed E-state index contributed by atoms with van der Waals surface area (Å²) in [6.07, 6.45) is 7.84. The van der Waals surface area contributed by atoms with Crippen molar-refractivity contribution >= 4 is 11.6 Å². The number of carbonyl (C=O) groups is 1. The quantitative estimate of drug-likeness (QED) is 0.538. The van der Waals surface area contributed by atoms with Crippen molar-refractivity contribution in [3.05, 3.63) is 114 Å². The second-order valence-electron chi connectivity index (χ2n) is 7.35. The monoisotopic (exact) mass is 408 g/mol. The maximum Gasteiger partial charge on any atom is 0.274 e. The zero-order valence-electron chi connectivity index (χ0n) is 16.7. The zero-order chi connectivity index (χ0) is 21.2. The summed E-state index contributed by atoms with van der Waals surface area (Å²) < 4.78 is 1.98. The Labute approximate surface area is 179 Å². The summed E-state index contributed by atoms with van der Waals surface area (Å²) in [7, 11) is 0. The minimum Gasteiger partial charge on any atom is -0.508 e. The van der Waals surface area contributed by atoms with Gasteiger partial charge < -0.3 is 9.67 Å². The summed E-state index contributed by atoms with van der Waals surface area (Å²) in [5.74, 6) is -0.0675. The highest BCUT2D eigenvalue weighted by Gasteiger charge is 2.35. The molecule has 4 aromatic rings. The van der Waals surface area contributed by atoms with Crippen molar-refractivity contribution in [3.63, 3.8) is 0 Å². The van der Waals surface area contributed by atoms with E-state index >= 15 is 0 Å². The highest BCUT2D eigenvalue weighted by molar-refractivity contribution is 6.05. The van der Waals surface area contributed by atoms with Crippen LogP contribution in [0.15, 0.2) is 103 Å². The molecule has 0 radical (unpaired) electrons. The number of rotatable bonds is 4. The summed E-state index contributed by atoms with van der Waals surface area (Å²) >= 11 is 0. The van der Waals surface area contributed by atoms with Gasteiger partial charge in [0.25, 0.3) is 5.91 Å². The van der Waals surface area contributed by atoms with Crippen LogP contribution in [0.5, 0.6) is 5.75 Å². The summed E-state index contributed by atoms with van der Waals surface area (Å²) in [6, 6.07) is 21.8. The molecule has 1 unspecified atom stereocenters. The van der Waals surface area contributed by atoms with Gasteiger partial charge in [-0.3, -0.25) is 9.78 Å². The third-order valence-corrected chi connectivity index (χ3v) is 5.43. The number of nitrogens with zero attached hydrogens (tertiary/aromatic N) is 4. The zero-order valence-corrected chi connectivity index (χ0v) is 16.7. The van der Waals surface area contributed by atoms with Crippen LogP contribution in [0.4, 0.5) is 0 Å². The smallest absolute Gasteiger partial charge is 0.274 e. The fourth-order valence-corrected chi connectivity index (χ4v) is 3.83. The number of aromatic hydroxyl groups is 1. The third-order valence-electron chi connectivity index (χ3n) is 5.43. The van der Waals surface area contributed by atoms with E-state index in [0.717, 1.165) is 17.0 Å². The number of benzene rings is 2. The van der Waals surface area contributed by atoms with Gasteiger partial charge in [-0.15, -0.1) is 0 Å². The van der Waals surface area contributed by atoms with Gasteiger partial charge in [-0.25, -0.2) is 5.01 Å². The number of aromatic nitrogens is 2. The summed E-state index contributed by atoms with van der Waals surface area (Å²) in [4.78, 5) is 17.6. The maximum absolute atomic E-state index is 13.4. The van der Waals surface area contributed by atoms with Crippen molar-refractivity contribution in [2.24, 2.45) is 5.10 Å². The number of para-hydroxylation sites is 1. The van der Waals surface area contributed by atoms with Crippen molar-refractivity contribution in [1.82, 2.24) is 14.6 Å². The van der Waals surface area contributed by atoms with Crippen LogP contribution in [0.3, 0.4) is 0 Å². The van der Waals surface area contributed by atoms with Crippen LogP contribution in [0.2, 0.25) is 0 Å². The van der Waals surface area contributed by atoms with Crippen LogP contribution in [-0.4, -0.2) is 31.3 Å². The largest absolute Gasteiger partial charge is 0.508 e. The van der Waals surface area contributed by atoms with Crippen molar-refractivity contribution in [2.45, 2.75) is 12.5 Å². The molecule has 6 heteroatoms. The first-order valence-corrected chi connectivity index (χ1v) is 10.0. The van der Waals surface area contributed by atoms with E-state index in [9.17, 15) is 9.90 Å². The first-order chi connectivity index (χ1) is 15.2. The first-order valence-electron chi connectivity index (χ1n) is 10.0. The van der Waals surface area contributed by atoms with Gasteiger partial charge in [-0.05, 0) is 48.5 Å². The molecule has 0 fully saturated rings. The average molecular weight is 408 g/mol. The first kappa shape index (κ1) is 18.8. The topological polar surface area (TPSA) is 70.7 Å². The molecular formula is C25H20N4O2. The lowest BCUT2D eigenvalue weighted by Crippen LogP contribution is -2.27. The molecule has 6 nitrogen and oxygen atoms in total. The number of hydrogen-bond acceptors (Lipinski definition) is 4. The number of hydrogen-bond donors (Lipinski definition) is 1. The molecule has 0 bridgehead atoms. The number of carbonyl (C=O) groups excluding carboxylic acids is 1. The lowest BCUT2D eigenvalue weighted by Gasteiger charge is -2.23. The lowest BCUT2D eigenvalue weighted by molar-refractivity contribution is 0.0709. The second kappa shape index (κ2) is 7.91. The van der Waals surface area contributed by atoms with Crippen LogP contribution in [-0.2, 0) is 0 Å². The minimum absolute atomic E-state index is 0.149. The number of amides is 1. The molecule has 0 spiro atoms. The molecule has 2 aromatic heterocycles. The molecule has 0 aliphatic carbocycles. The van der Waals surface area contributed by atoms with Crippen LogP contribution < -0.4 is 0 Å². The molecule has 1 N–H and O–H groups in total. The third kappa shape index (κ3) is 3.59. The Kier molecular flexibility index (Phi) is 4.80. The van der Waals surface area contributed by atoms with E-state index in [1.54, 1.807) is 36.7 Å². The van der Waals surface area contributed by atoms with E-state index in [0.29, 0.717) is 17.5 Å². The van der Waals surface area contributed by atoms with Gasteiger partial charge >= 0.3 is 0 Å². The Balaban J connectivity index is 1.50. The van der Waals surface area contributed by atoms with Crippen molar-refractivity contribution in [3.8, 4) is 11.4 Å². The van der Waals surface area contributed by atoms with E-state index in [1.165, 1.54) is 5.01 Å². The SMILES string of the molecule is O=C(c1ccc(-n2cccc2)cc1)N1N=C(c2cccnc2)CC1c1ccccc1O. The van der Waals surface area contributed by atoms with E-state index in [2.05, 4.69) is 10.1 Å². The molecule has 31 heavy (non-hydrogen) atoms. The fraction of sp³-hybridized carbons (Fsp3) is 0.0800. The van der Waals surface area contributed by atoms with Crippen molar-refractivity contribution < 1.29 is 9.90 Å². The average Bonchev–Trinajstić information content (AvgIpc) is 3.50. The molecule has 1 aliphatic rings. The molecule has 0 saturated carbocycles. The molecule has 3 heterocycles. The molecule has 152 valence electrons. The molecule has 1 amide bonds. The minimum atomic E-state index is -0.395. The molecule has 2 aromatic carbocycles. The summed E-state index contributed by atoms with van der Waals surface area (Å²) in [5, 5.41) is 16.6. The normalized spacial score (nSPS) is 15.7. The van der Waals surface area contributed by atoms with Gasteiger partial charge in [-0.1, -0.05) is 24.3 Å². The van der Waals surface area contributed by atoms with Crippen LogP contribution in [0.25, 0.3) is 5.69 Å². The number of pyridine rings is 1. The fourth-order valence-electron chi connectivity index (χ4n) is 3.83. The van der Waals surface area contributed by atoms with Gasteiger partial charge in [-0.2, -0.15) is 5.10 Å². The predicted molar refractivity (Wildman–Crippen MR) is 118 cm³/mol. The van der Waals surface area contributed by atoms with E-state index in [-0.39, 0.29) is 11.7 Å². The molecule has 0 saturated heterocycles. The van der Waals surface area contributed by atoms with Gasteiger partial charge in [0.2, 0.25) is 0 Å². The van der Waals surface area contributed by atoms with Crippen LogP contribution >= 0.6 is 0 Å². The van der Waals surface area contributed by atoms with E-state index in [4.69, 9.17) is 0 Å². The van der Waals surface area contributed by atoms with Crippen molar-refractivity contribution in [1.29, 1.82) is 0 Å². The molecule has 1 atom stereocenters. The Morgan fingerprint density at radius 3 is 2.42 bits per heavy atom. The maximum atomic E-state index is 13.4. The number of phenolic OH excluding ortho intramolecular Hbond substituents is 1. The number of phenols is 1. The molecule has 1 aliphatic heterocycles. The second-order valence-corrected chi connectivity index (χ2v) is 7.35. The Morgan fingerprint density at radius 2 is 1.71 bits per heavy atom. The summed E-state index contributed by atoms with van der Waals surface area (Å²) in [6.45, 7) is 0. The highest BCUT2D eigenvalue weighted by Crippen LogP contribution is 2.37. The Bertz CT molecular complexity index is 1230. The standard InChI is InChI=1S/C25H20N4O2/c30-24-8-2-1-7-21(24)23-16-22(19-6-5-13-26-17-19)27-29(23)25(31)18-9-11-20(12-10-18)28-14-3-4-15-28/h1-15,17,23,30H,16H2. The van der Waals surface area contributed by atoms with Crippen molar-refractivity contribution in [2.75, 3.05) is 0 Å². The van der Waals surface area contributed by atoms with Gasteiger partial charge in [0, 0.05) is 53.6 Å². The Morgan fingerprint density at radius 1 is 0.935 bits per heavy atom. The summed E-state index contributed by atoms with van der Waals surface area (Å²) in [5.41, 5.74) is 3.80. The van der Waals surface area contributed by atoms with Crippen LogP contribution in [0.1, 0.15) is 33.9 Å².